The highest BCUT2D eigenvalue weighted by Gasteiger charge is 2.30. The number of amides is 1. The highest BCUT2D eigenvalue weighted by atomic mass is 16.5. The molecule has 2 heterocycles. The second kappa shape index (κ2) is 7.24. The number of aromatic nitrogens is 2. The second-order valence-electron chi connectivity index (χ2n) is 6.37. The van der Waals surface area contributed by atoms with E-state index in [9.17, 15) is 4.79 Å². The Morgan fingerprint density at radius 2 is 2.23 bits per heavy atom. The zero-order valence-corrected chi connectivity index (χ0v) is 14.3. The highest BCUT2D eigenvalue weighted by Crippen LogP contribution is 2.19. The molecule has 1 fully saturated rings. The topological polar surface area (TPSA) is 61.5 Å². The van der Waals surface area contributed by atoms with Crippen molar-refractivity contribution in [2.45, 2.75) is 45.3 Å². The number of ether oxygens (including phenoxy) is 1. The van der Waals surface area contributed by atoms with Crippen LogP contribution in [0, 0.1) is 13.8 Å². The third kappa shape index (κ3) is 3.87. The van der Waals surface area contributed by atoms with Crippen molar-refractivity contribution >= 4 is 5.91 Å². The van der Waals surface area contributed by atoms with Gasteiger partial charge in [-0.05, 0) is 39.3 Å². The van der Waals surface area contributed by atoms with Gasteiger partial charge in [-0.1, -0.05) is 0 Å². The highest BCUT2D eigenvalue weighted by molar-refractivity contribution is 5.76. The number of carbonyl (C=O) groups is 1. The van der Waals surface area contributed by atoms with E-state index in [1.807, 2.05) is 25.8 Å². The first-order valence-electron chi connectivity index (χ1n) is 7.89. The average molecular weight is 308 g/mol. The zero-order chi connectivity index (χ0) is 16.3. The first kappa shape index (κ1) is 17.0. The monoisotopic (exact) mass is 308 g/mol. The van der Waals surface area contributed by atoms with Crippen LogP contribution in [0.1, 0.15) is 29.8 Å². The number of nitrogens with zero attached hydrogens (tertiary/aromatic N) is 3. The maximum Gasteiger partial charge on any atom is 0.222 e. The molecule has 0 unspecified atom stereocenters. The van der Waals surface area contributed by atoms with Crippen molar-refractivity contribution in [2.24, 2.45) is 0 Å². The summed E-state index contributed by atoms with van der Waals surface area (Å²) in [7, 11) is 5.75. The molecule has 1 saturated heterocycles. The molecule has 2 atom stereocenters. The third-order valence-corrected chi connectivity index (χ3v) is 4.76. The van der Waals surface area contributed by atoms with E-state index in [0.29, 0.717) is 12.5 Å². The Hall–Kier alpha value is -1.40. The molecule has 1 aromatic heterocycles. The van der Waals surface area contributed by atoms with Crippen LogP contribution in [0.3, 0.4) is 0 Å². The van der Waals surface area contributed by atoms with Crippen LogP contribution in [0.2, 0.25) is 0 Å². The van der Waals surface area contributed by atoms with Crippen LogP contribution in [-0.4, -0.2) is 72.3 Å². The van der Waals surface area contributed by atoms with Crippen molar-refractivity contribution in [3.05, 3.63) is 17.0 Å². The van der Waals surface area contributed by atoms with Gasteiger partial charge in [0.25, 0.3) is 0 Å². The number of H-pyrrole nitrogens is 1. The molecule has 1 amide bonds. The summed E-state index contributed by atoms with van der Waals surface area (Å²) in [6.07, 6.45) is 2.56. The predicted molar refractivity (Wildman–Crippen MR) is 85.9 cm³/mol. The van der Waals surface area contributed by atoms with Crippen molar-refractivity contribution in [3.8, 4) is 0 Å². The number of carbonyl (C=O) groups excluding carboxylic acids is 1. The van der Waals surface area contributed by atoms with Crippen molar-refractivity contribution in [2.75, 3.05) is 34.3 Å². The molecule has 0 aromatic carbocycles. The number of likely N-dealkylation sites (tertiary alicyclic amines) is 1. The van der Waals surface area contributed by atoms with Gasteiger partial charge in [-0.25, -0.2) is 0 Å². The summed E-state index contributed by atoms with van der Waals surface area (Å²) in [6, 6.07) is 0.385. The minimum atomic E-state index is 0.189. The van der Waals surface area contributed by atoms with E-state index >= 15 is 0 Å². The van der Waals surface area contributed by atoms with Gasteiger partial charge in [0.15, 0.2) is 0 Å². The number of methoxy groups -OCH3 is 1. The fraction of sp³-hybridized carbons (Fsp3) is 0.750. The van der Waals surface area contributed by atoms with Gasteiger partial charge in [0.05, 0.1) is 11.8 Å². The fourth-order valence-corrected chi connectivity index (χ4v) is 3.20. The lowest BCUT2D eigenvalue weighted by atomic mass is 10.1. The quantitative estimate of drug-likeness (QED) is 0.856. The smallest absolute Gasteiger partial charge is 0.222 e. The van der Waals surface area contributed by atoms with Gasteiger partial charge in [0.1, 0.15) is 0 Å². The molecule has 0 bridgehead atoms. The summed E-state index contributed by atoms with van der Waals surface area (Å²) in [5, 5.41) is 7.15. The number of hydrogen-bond donors (Lipinski definition) is 1. The van der Waals surface area contributed by atoms with E-state index in [0.717, 1.165) is 37.3 Å². The van der Waals surface area contributed by atoms with Gasteiger partial charge in [-0.15, -0.1) is 0 Å². The van der Waals surface area contributed by atoms with Crippen molar-refractivity contribution < 1.29 is 9.53 Å². The van der Waals surface area contributed by atoms with Gasteiger partial charge in [0.2, 0.25) is 5.91 Å². The number of aryl methyl sites for hydroxylation is 2. The molecule has 0 saturated carbocycles. The van der Waals surface area contributed by atoms with Crippen LogP contribution >= 0.6 is 0 Å². The Bertz CT molecular complexity index is 495. The molecule has 6 heteroatoms. The van der Waals surface area contributed by atoms with Crippen molar-refractivity contribution in [3.63, 3.8) is 0 Å². The SMILES string of the molecule is CO[C@H]1C[C@@H](CN(C)C(=O)CCc2c(C)n[nH]c2C)N(C)C1. The zero-order valence-electron chi connectivity index (χ0n) is 14.3. The maximum absolute atomic E-state index is 12.4. The summed E-state index contributed by atoms with van der Waals surface area (Å²) < 4.78 is 5.42. The second-order valence-corrected chi connectivity index (χ2v) is 6.37. The number of likely N-dealkylation sites (N-methyl/N-ethyl adjacent to an activating group) is 2. The molecule has 0 radical (unpaired) electrons. The maximum atomic E-state index is 12.4. The molecule has 1 aliphatic rings. The van der Waals surface area contributed by atoms with E-state index < -0.39 is 0 Å². The average Bonchev–Trinajstić information content (AvgIpc) is 3.00. The summed E-state index contributed by atoms with van der Waals surface area (Å²) in [4.78, 5) is 16.5. The van der Waals surface area contributed by atoms with Gasteiger partial charge >= 0.3 is 0 Å². The molecule has 124 valence electrons. The van der Waals surface area contributed by atoms with Crippen LogP contribution in [0.4, 0.5) is 0 Å². The largest absolute Gasteiger partial charge is 0.380 e. The van der Waals surface area contributed by atoms with Crippen LogP contribution < -0.4 is 0 Å². The van der Waals surface area contributed by atoms with Crippen molar-refractivity contribution in [1.29, 1.82) is 0 Å². The summed E-state index contributed by atoms with van der Waals surface area (Å²) in [5.74, 6) is 0.189. The fourth-order valence-electron chi connectivity index (χ4n) is 3.20. The number of hydrogen-bond acceptors (Lipinski definition) is 4. The Labute approximate surface area is 132 Å². The minimum absolute atomic E-state index is 0.189. The first-order valence-corrected chi connectivity index (χ1v) is 7.89. The molecule has 0 spiro atoms. The molecular weight excluding hydrogens is 280 g/mol. The Kier molecular flexibility index (Phi) is 5.58. The predicted octanol–water partition coefficient (Wildman–Crippen LogP) is 1.14. The van der Waals surface area contributed by atoms with Gasteiger partial charge in [-0.3, -0.25) is 14.8 Å². The Balaban J connectivity index is 1.82. The molecule has 1 N–H and O–H groups in total. The van der Waals surface area contributed by atoms with Crippen LogP contribution in [0.15, 0.2) is 0 Å². The van der Waals surface area contributed by atoms with Gasteiger partial charge in [-0.2, -0.15) is 5.10 Å². The molecule has 2 rings (SSSR count). The van der Waals surface area contributed by atoms with Crippen LogP contribution in [-0.2, 0) is 16.0 Å². The van der Waals surface area contributed by atoms with E-state index in [1.165, 1.54) is 5.56 Å². The Morgan fingerprint density at radius 1 is 1.50 bits per heavy atom. The first-order chi connectivity index (χ1) is 10.4. The van der Waals surface area contributed by atoms with Gasteiger partial charge in [0, 0.05) is 45.4 Å². The van der Waals surface area contributed by atoms with Crippen LogP contribution in [0.5, 0.6) is 0 Å². The number of nitrogens with one attached hydrogen (secondary N) is 1. The third-order valence-electron chi connectivity index (χ3n) is 4.76. The van der Waals surface area contributed by atoms with E-state index in [-0.39, 0.29) is 12.0 Å². The normalized spacial score (nSPS) is 22.2. The molecule has 0 aliphatic carbocycles. The van der Waals surface area contributed by atoms with Crippen LogP contribution in [0.25, 0.3) is 0 Å². The van der Waals surface area contributed by atoms with E-state index in [2.05, 4.69) is 22.1 Å². The van der Waals surface area contributed by atoms with Gasteiger partial charge < -0.3 is 9.64 Å². The molecule has 1 aromatic rings. The minimum Gasteiger partial charge on any atom is -0.380 e. The lowest BCUT2D eigenvalue weighted by Gasteiger charge is -2.25. The Morgan fingerprint density at radius 3 is 2.77 bits per heavy atom. The molecule has 22 heavy (non-hydrogen) atoms. The summed E-state index contributed by atoms with van der Waals surface area (Å²) in [5.41, 5.74) is 3.22. The standard InChI is InChI=1S/C16H28N4O2/c1-11-15(12(2)18-17-11)6-7-16(21)20(4)9-13-8-14(22-5)10-19(13)3/h13-14H,6-10H2,1-5H3,(H,17,18)/t13-,14-/m0/s1. The summed E-state index contributed by atoms with van der Waals surface area (Å²) in [6.45, 7) is 5.68. The lowest BCUT2D eigenvalue weighted by molar-refractivity contribution is -0.130. The summed E-state index contributed by atoms with van der Waals surface area (Å²) >= 11 is 0. The molecular formula is C16H28N4O2. The molecule has 1 aliphatic heterocycles. The number of aromatic amines is 1. The van der Waals surface area contributed by atoms with E-state index in [1.54, 1.807) is 7.11 Å². The van der Waals surface area contributed by atoms with Crippen molar-refractivity contribution in [1.82, 2.24) is 20.0 Å². The van der Waals surface area contributed by atoms with E-state index in [4.69, 9.17) is 4.74 Å². The molecule has 6 nitrogen and oxygen atoms in total. The lowest BCUT2D eigenvalue weighted by Crippen LogP contribution is -2.39. The number of rotatable bonds is 6.